The van der Waals surface area contributed by atoms with Gasteiger partial charge in [0.2, 0.25) is 0 Å². The summed E-state index contributed by atoms with van der Waals surface area (Å²) in [6.45, 7) is 7.93. The summed E-state index contributed by atoms with van der Waals surface area (Å²) in [6, 6.07) is 28.4. The number of benzene rings is 4. The van der Waals surface area contributed by atoms with Crippen LogP contribution in [0.3, 0.4) is 0 Å². The third-order valence-corrected chi connectivity index (χ3v) is 10.9. The number of sulfonamides is 1. The molecule has 246 valence electrons. The number of nitrogens with zero attached hydrogens (tertiary/aromatic N) is 2. The maximum Gasteiger partial charge on any atom is 0.264 e. The molecular weight excluding hydrogens is 611 g/mol. The van der Waals surface area contributed by atoms with Crippen LogP contribution >= 0.6 is 0 Å². The van der Waals surface area contributed by atoms with Gasteiger partial charge in [0, 0.05) is 37.4 Å². The molecule has 9 heteroatoms. The maximum atomic E-state index is 13.2. The molecule has 4 aromatic rings. The van der Waals surface area contributed by atoms with Gasteiger partial charge in [0.15, 0.2) is 11.5 Å². The minimum atomic E-state index is -4.06. The highest BCUT2D eigenvalue weighted by atomic mass is 32.2. The summed E-state index contributed by atoms with van der Waals surface area (Å²) >= 11 is 0. The Bertz CT molecular complexity index is 1810. The lowest BCUT2D eigenvalue weighted by atomic mass is 9.82. The first-order valence-electron chi connectivity index (χ1n) is 16.1. The number of carbonyl (C=O) groups is 1. The van der Waals surface area contributed by atoms with Gasteiger partial charge >= 0.3 is 0 Å². The van der Waals surface area contributed by atoms with E-state index in [1.165, 1.54) is 5.56 Å². The van der Waals surface area contributed by atoms with Gasteiger partial charge in [0.05, 0.1) is 25.2 Å². The second kappa shape index (κ2) is 13.4. The van der Waals surface area contributed by atoms with Crippen molar-refractivity contribution in [2.45, 2.75) is 50.6 Å². The Hall–Kier alpha value is -4.34. The molecule has 0 radical (unpaired) electrons. The summed E-state index contributed by atoms with van der Waals surface area (Å²) in [5.41, 5.74) is 6.20. The Kier molecular flexibility index (Phi) is 9.30. The molecular formula is C38H43N3O5S. The van der Waals surface area contributed by atoms with Crippen molar-refractivity contribution in [1.29, 1.82) is 0 Å². The fourth-order valence-electron chi connectivity index (χ4n) is 6.64. The van der Waals surface area contributed by atoms with Gasteiger partial charge < -0.3 is 14.4 Å². The summed E-state index contributed by atoms with van der Waals surface area (Å²) < 4.78 is 39.9. The Balaban J connectivity index is 1.15. The molecule has 1 unspecified atom stereocenters. The molecule has 0 spiro atoms. The Morgan fingerprint density at radius 2 is 1.49 bits per heavy atom. The molecule has 0 aromatic heterocycles. The van der Waals surface area contributed by atoms with Gasteiger partial charge in [-0.2, -0.15) is 0 Å². The van der Waals surface area contributed by atoms with Crippen molar-refractivity contribution in [3.63, 3.8) is 0 Å². The van der Waals surface area contributed by atoms with E-state index in [0.29, 0.717) is 29.0 Å². The van der Waals surface area contributed by atoms with Crippen LogP contribution in [-0.4, -0.2) is 53.1 Å². The van der Waals surface area contributed by atoms with Crippen LogP contribution in [0.15, 0.2) is 95.9 Å². The van der Waals surface area contributed by atoms with Crippen LogP contribution in [0.25, 0.3) is 0 Å². The number of hydrogen-bond donors (Lipinski definition) is 1. The predicted octanol–water partition coefficient (Wildman–Crippen LogP) is 6.60. The molecule has 0 bridgehead atoms. The van der Waals surface area contributed by atoms with Crippen LogP contribution in [0.4, 0.5) is 5.69 Å². The summed E-state index contributed by atoms with van der Waals surface area (Å²) in [5.74, 6) is 0.756. The van der Waals surface area contributed by atoms with Crippen molar-refractivity contribution in [1.82, 2.24) is 9.62 Å². The van der Waals surface area contributed by atoms with E-state index in [9.17, 15) is 13.2 Å². The van der Waals surface area contributed by atoms with Crippen LogP contribution < -0.4 is 19.1 Å². The van der Waals surface area contributed by atoms with Crippen LogP contribution in [0.2, 0.25) is 0 Å². The smallest absolute Gasteiger partial charge is 0.264 e. The normalized spacial score (nSPS) is 17.9. The second-order valence-electron chi connectivity index (χ2n) is 13.2. The van der Waals surface area contributed by atoms with Crippen LogP contribution in [-0.2, 0) is 23.0 Å². The van der Waals surface area contributed by atoms with E-state index in [1.54, 1.807) is 38.5 Å². The zero-order valence-electron chi connectivity index (χ0n) is 27.5. The average molecular weight is 654 g/mol. The molecule has 1 fully saturated rings. The van der Waals surface area contributed by atoms with Crippen molar-refractivity contribution >= 4 is 21.6 Å². The van der Waals surface area contributed by atoms with E-state index in [2.05, 4.69) is 52.6 Å². The summed E-state index contributed by atoms with van der Waals surface area (Å²) in [5, 5.41) is 0. The Morgan fingerprint density at radius 3 is 2.13 bits per heavy atom. The number of piperidine rings is 1. The van der Waals surface area contributed by atoms with Crippen LogP contribution in [0, 0.1) is 5.41 Å². The van der Waals surface area contributed by atoms with Crippen molar-refractivity contribution in [3.05, 3.63) is 119 Å². The highest BCUT2D eigenvalue weighted by Crippen LogP contribution is 2.41. The topological polar surface area (TPSA) is 88.2 Å². The van der Waals surface area contributed by atoms with Crippen LogP contribution in [0.5, 0.6) is 11.5 Å². The van der Waals surface area contributed by atoms with E-state index >= 15 is 0 Å². The Morgan fingerprint density at radius 1 is 0.851 bits per heavy atom. The first-order valence-corrected chi connectivity index (χ1v) is 17.6. The quantitative estimate of drug-likeness (QED) is 0.218. The second-order valence-corrected chi connectivity index (χ2v) is 14.9. The molecule has 6 rings (SSSR count). The van der Waals surface area contributed by atoms with Gasteiger partial charge in [-0.1, -0.05) is 56.3 Å². The van der Waals surface area contributed by atoms with Crippen molar-refractivity contribution in [2.24, 2.45) is 5.41 Å². The molecule has 1 saturated heterocycles. The molecule has 2 aliphatic rings. The zero-order chi connectivity index (χ0) is 33.2. The predicted molar refractivity (Wildman–Crippen MR) is 185 cm³/mol. The van der Waals surface area contributed by atoms with E-state index in [0.717, 1.165) is 61.3 Å². The summed E-state index contributed by atoms with van der Waals surface area (Å²) in [6.07, 6.45) is 3.06. The maximum absolute atomic E-state index is 13.2. The van der Waals surface area contributed by atoms with E-state index in [1.807, 2.05) is 42.5 Å². The van der Waals surface area contributed by atoms with Gasteiger partial charge in [-0.3, -0.25) is 9.69 Å². The monoisotopic (exact) mass is 653 g/mol. The number of carbonyl (C=O) groups excluding carboxylic acids is 1. The fourth-order valence-corrected chi connectivity index (χ4v) is 7.61. The lowest BCUT2D eigenvalue weighted by molar-refractivity contribution is 0.0981. The molecule has 1 amide bonds. The fraction of sp³-hybridized carbons (Fsp3) is 0.342. The number of fused-ring (bicyclic) bond motifs is 1. The van der Waals surface area contributed by atoms with Crippen molar-refractivity contribution in [2.75, 3.05) is 38.8 Å². The van der Waals surface area contributed by atoms with Gasteiger partial charge in [-0.05, 0) is 95.5 Å². The zero-order valence-corrected chi connectivity index (χ0v) is 28.3. The lowest BCUT2D eigenvalue weighted by Gasteiger charge is -2.38. The molecule has 4 aromatic carbocycles. The van der Waals surface area contributed by atoms with Crippen molar-refractivity contribution < 1.29 is 22.7 Å². The van der Waals surface area contributed by atoms with Gasteiger partial charge in [0.1, 0.15) is 0 Å². The molecule has 0 aliphatic carbocycles. The third-order valence-electron chi connectivity index (χ3n) is 9.55. The molecule has 1 N–H and O–H groups in total. The van der Waals surface area contributed by atoms with Crippen molar-refractivity contribution in [3.8, 4) is 11.5 Å². The summed E-state index contributed by atoms with van der Waals surface area (Å²) in [4.78, 5) is 17.7. The average Bonchev–Trinajstić information content (AvgIpc) is 3.08. The minimum Gasteiger partial charge on any atom is -0.493 e. The minimum absolute atomic E-state index is 0.0180. The van der Waals surface area contributed by atoms with E-state index < -0.39 is 15.9 Å². The molecule has 8 nitrogen and oxygen atoms in total. The SMILES string of the molecule is COc1cc2c(cc1OC)C(c1ccccc1)N(Cc1ccc(S(=O)(=O)NC(=O)c3ccc(N4CCC(C)(C)CC4)cc3)cc1)CC2. The number of methoxy groups -OCH3 is 2. The molecule has 47 heavy (non-hydrogen) atoms. The number of hydrogen-bond acceptors (Lipinski definition) is 7. The number of anilines is 1. The van der Waals surface area contributed by atoms with Gasteiger partial charge in [-0.15, -0.1) is 0 Å². The largest absolute Gasteiger partial charge is 0.493 e. The third kappa shape index (κ3) is 7.16. The number of amides is 1. The highest BCUT2D eigenvalue weighted by molar-refractivity contribution is 7.90. The first-order chi connectivity index (χ1) is 22.6. The van der Waals surface area contributed by atoms with Gasteiger partial charge in [-0.25, -0.2) is 13.1 Å². The Labute approximate surface area is 278 Å². The number of ether oxygens (including phenoxy) is 2. The van der Waals surface area contributed by atoms with Crippen LogP contribution in [0.1, 0.15) is 65.3 Å². The number of rotatable bonds is 9. The highest BCUT2D eigenvalue weighted by Gasteiger charge is 2.31. The summed E-state index contributed by atoms with van der Waals surface area (Å²) in [7, 11) is -0.763. The molecule has 1 atom stereocenters. The molecule has 2 aliphatic heterocycles. The van der Waals surface area contributed by atoms with E-state index in [-0.39, 0.29) is 10.9 Å². The first kappa shape index (κ1) is 32.6. The molecule has 2 heterocycles. The standard InChI is InChI=1S/C38H43N3O5S/c1-38(2)19-22-40(23-20-38)31-14-12-29(13-15-31)37(42)39-47(43,44)32-16-10-27(11-17-32)26-41-21-18-30-24-34(45-3)35(46-4)25-33(30)36(41)28-8-6-5-7-9-28/h5-17,24-25,36H,18-23,26H2,1-4H3,(H,39,42). The van der Waals surface area contributed by atoms with E-state index in [4.69, 9.17) is 9.47 Å². The number of nitrogens with one attached hydrogen (secondary N) is 1. The molecule has 0 saturated carbocycles. The van der Waals surface area contributed by atoms with Gasteiger partial charge in [0.25, 0.3) is 15.9 Å². The lowest BCUT2D eigenvalue weighted by Crippen LogP contribution is -2.37.